The van der Waals surface area contributed by atoms with Gasteiger partial charge in [0.1, 0.15) is 0 Å². The number of nitrogens with two attached hydrogens (primary N) is 1. The van der Waals surface area contributed by atoms with E-state index in [9.17, 15) is 4.79 Å². The SMILES string of the molecule is C=C/C(=C\C=C(/N)C(C)N1C[C@@H](C)O[C@@H](C)C1)c1cc(-c2ccccn2)c2[nH]c(NC(=O)OCC)nc2c1. The molecule has 1 unspecified atom stereocenters. The first-order valence-electron chi connectivity index (χ1n) is 12.9. The summed E-state index contributed by atoms with van der Waals surface area (Å²) < 4.78 is 10.9. The van der Waals surface area contributed by atoms with Crippen LogP contribution in [0.15, 0.2) is 67.0 Å². The van der Waals surface area contributed by atoms with Crippen LogP contribution < -0.4 is 11.1 Å². The van der Waals surface area contributed by atoms with Gasteiger partial charge in [0.2, 0.25) is 5.95 Å². The van der Waals surface area contributed by atoms with Crippen LogP contribution in [0, 0.1) is 0 Å². The monoisotopic (exact) mass is 516 g/mol. The maximum Gasteiger partial charge on any atom is 0.413 e. The van der Waals surface area contributed by atoms with E-state index in [1.54, 1.807) is 19.2 Å². The number of carbonyl (C=O) groups is 1. The number of anilines is 1. The topological polar surface area (TPSA) is 118 Å². The van der Waals surface area contributed by atoms with Crippen molar-refractivity contribution in [1.29, 1.82) is 0 Å². The number of hydrogen-bond acceptors (Lipinski definition) is 7. The van der Waals surface area contributed by atoms with Crippen molar-refractivity contribution in [2.75, 3.05) is 25.0 Å². The van der Waals surface area contributed by atoms with Gasteiger partial charge in [-0.2, -0.15) is 0 Å². The molecule has 4 N–H and O–H groups in total. The Kier molecular flexibility index (Phi) is 8.60. The number of amides is 1. The summed E-state index contributed by atoms with van der Waals surface area (Å²) >= 11 is 0. The number of aromatic nitrogens is 3. The highest BCUT2D eigenvalue weighted by Gasteiger charge is 2.26. The second-order valence-electron chi connectivity index (χ2n) is 9.44. The summed E-state index contributed by atoms with van der Waals surface area (Å²) in [6.07, 6.45) is 7.21. The Morgan fingerprint density at radius 1 is 1.32 bits per heavy atom. The molecule has 38 heavy (non-hydrogen) atoms. The van der Waals surface area contributed by atoms with E-state index in [2.05, 4.69) is 52.5 Å². The molecule has 9 heteroatoms. The molecule has 3 atom stereocenters. The van der Waals surface area contributed by atoms with Gasteiger partial charge in [-0.05, 0) is 69.2 Å². The molecule has 0 radical (unpaired) electrons. The lowest BCUT2D eigenvalue weighted by molar-refractivity contribution is -0.0747. The van der Waals surface area contributed by atoms with E-state index in [1.807, 2.05) is 42.5 Å². The van der Waals surface area contributed by atoms with Crippen LogP contribution in [0.5, 0.6) is 0 Å². The Morgan fingerprint density at radius 2 is 2.08 bits per heavy atom. The molecule has 3 aromatic rings. The Morgan fingerprint density at radius 3 is 2.74 bits per heavy atom. The minimum atomic E-state index is -0.573. The van der Waals surface area contributed by atoms with Gasteiger partial charge >= 0.3 is 6.09 Å². The molecule has 1 aliphatic heterocycles. The maximum absolute atomic E-state index is 12.0. The van der Waals surface area contributed by atoms with E-state index in [1.165, 1.54) is 0 Å². The van der Waals surface area contributed by atoms with Gasteiger partial charge in [0.05, 0.1) is 35.5 Å². The largest absolute Gasteiger partial charge is 0.450 e. The van der Waals surface area contributed by atoms with E-state index in [-0.39, 0.29) is 24.9 Å². The Labute approximate surface area is 223 Å². The summed E-state index contributed by atoms with van der Waals surface area (Å²) in [7, 11) is 0. The number of aromatic amines is 1. The van der Waals surface area contributed by atoms with Crippen molar-refractivity contribution < 1.29 is 14.3 Å². The molecule has 200 valence electrons. The molecule has 4 rings (SSSR count). The standard InChI is InChI=1S/C29H36N6O3/c1-6-21(11-12-24(30)20(5)35-16-18(3)38-19(4)17-35)22-14-23(25-10-8-9-13-31-25)27-26(15-22)32-28(33-27)34-29(36)37-7-2/h6,8-15,18-20H,1,7,16-17,30H2,2-5H3,(H2,32,33,34,36)/b21-11+,24-12-/t18-,19+,20?. The molecule has 1 amide bonds. The third kappa shape index (κ3) is 6.30. The third-order valence-electron chi connectivity index (χ3n) is 6.52. The second-order valence-corrected chi connectivity index (χ2v) is 9.44. The molecule has 0 bridgehead atoms. The zero-order valence-corrected chi connectivity index (χ0v) is 22.4. The molecule has 0 spiro atoms. The van der Waals surface area contributed by atoms with Crippen LogP contribution in [0.1, 0.15) is 33.3 Å². The molecule has 2 aromatic heterocycles. The Balaban J connectivity index is 1.70. The van der Waals surface area contributed by atoms with Crippen molar-refractivity contribution in [3.63, 3.8) is 0 Å². The Hall–Kier alpha value is -3.95. The molecule has 1 saturated heterocycles. The number of hydrogen-bond donors (Lipinski definition) is 3. The Bertz CT molecular complexity index is 1340. The average Bonchev–Trinajstić information content (AvgIpc) is 3.30. The van der Waals surface area contributed by atoms with Crippen LogP contribution in [-0.2, 0) is 9.47 Å². The zero-order valence-electron chi connectivity index (χ0n) is 22.4. The van der Waals surface area contributed by atoms with Crippen LogP contribution in [0.2, 0.25) is 0 Å². The maximum atomic E-state index is 12.0. The minimum Gasteiger partial charge on any atom is -0.450 e. The highest BCUT2D eigenvalue weighted by molar-refractivity contribution is 5.97. The van der Waals surface area contributed by atoms with Crippen LogP contribution >= 0.6 is 0 Å². The van der Waals surface area contributed by atoms with Gasteiger partial charge in [-0.25, -0.2) is 9.78 Å². The minimum absolute atomic E-state index is 0.0699. The number of nitrogens with one attached hydrogen (secondary N) is 2. The fourth-order valence-corrected chi connectivity index (χ4v) is 4.68. The van der Waals surface area contributed by atoms with Gasteiger partial charge in [0.15, 0.2) is 0 Å². The molecule has 9 nitrogen and oxygen atoms in total. The summed E-state index contributed by atoms with van der Waals surface area (Å²) in [4.78, 5) is 26.6. The van der Waals surface area contributed by atoms with Gasteiger partial charge in [-0.3, -0.25) is 15.2 Å². The quantitative estimate of drug-likeness (QED) is 0.356. The number of fused-ring (bicyclic) bond motifs is 1. The number of morpholine rings is 1. The van der Waals surface area contributed by atoms with Crippen molar-refractivity contribution in [2.24, 2.45) is 5.73 Å². The fourth-order valence-electron chi connectivity index (χ4n) is 4.68. The molecule has 1 aliphatic rings. The predicted octanol–water partition coefficient (Wildman–Crippen LogP) is 5.10. The molecular weight excluding hydrogens is 480 g/mol. The number of benzene rings is 1. The zero-order chi connectivity index (χ0) is 27.2. The summed E-state index contributed by atoms with van der Waals surface area (Å²) in [5.41, 5.74) is 12.1. The molecule has 0 aliphatic carbocycles. The van der Waals surface area contributed by atoms with Gasteiger partial charge in [0, 0.05) is 36.6 Å². The van der Waals surface area contributed by atoms with E-state index in [0.29, 0.717) is 11.5 Å². The van der Waals surface area contributed by atoms with Crippen molar-refractivity contribution >= 4 is 28.6 Å². The van der Waals surface area contributed by atoms with Crippen molar-refractivity contribution in [1.82, 2.24) is 19.9 Å². The van der Waals surface area contributed by atoms with E-state index in [4.69, 9.17) is 15.2 Å². The second kappa shape index (κ2) is 12.1. The van der Waals surface area contributed by atoms with Gasteiger partial charge < -0.3 is 20.2 Å². The third-order valence-corrected chi connectivity index (χ3v) is 6.52. The first kappa shape index (κ1) is 27.1. The number of nitrogens with zero attached hydrogens (tertiary/aromatic N) is 3. The van der Waals surface area contributed by atoms with E-state index < -0.39 is 6.09 Å². The first-order chi connectivity index (χ1) is 18.3. The summed E-state index contributed by atoms with van der Waals surface area (Å²) in [5.74, 6) is 0.295. The lowest BCUT2D eigenvalue weighted by Crippen LogP contribution is -2.50. The molecule has 1 aromatic carbocycles. The van der Waals surface area contributed by atoms with E-state index >= 15 is 0 Å². The normalized spacial score (nSPS) is 19.8. The highest BCUT2D eigenvalue weighted by Crippen LogP contribution is 2.32. The molecule has 1 fully saturated rings. The number of rotatable bonds is 8. The van der Waals surface area contributed by atoms with Gasteiger partial charge in [0.25, 0.3) is 0 Å². The number of ether oxygens (including phenoxy) is 2. The first-order valence-corrected chi connectivity index (χ1v) is 12.9. The molecule has 0 saturated carbocycles. The number of allylic oxidation sites excluding steroid dienone is 4. The van der Waals surface area contributed by atoms with Gasteiger partial charge in [-0.1, -0.05) is 24.8 Å². The summed E-state index contributed by atoms with van der Waals surface area (Å²) in [6.45, 7) is 14.0. The van der Waals surface area contributed by atoms with E-state index in [0.717, 1.165) is 46.7 Å². The smallest absolute Gasteiger partial charge is 0.413 e. The van der Waals surface area contributed by atoms with Crippen molar-refractivity contribution in [2.45, 2.75) is 45.9 Å². The fraction of sp³-hybridized carbons (Fsp3) is 0.345. The number of pyridine rings is 1. The molecule has 3 heterocycles. The van der Waals surface area contributed by atoms with Crippen LogP contribution in [0.3, 0.4) is 0 Å². The lowest BCUT2D eigenvalue weighted by atomic mass is 9.99. The number of H-pyrrole nitrogens is 1. The highest BCUT2D eigenvalue weighted by atomic mass is 16.5. The summed E-state index contributed by atoms with van der Waals surface area (Å²) in [6, 6.07) is 9.77. The van der Waals surface area contributed by atoms with Crippen LogP contribution in [0.4, 0.5) is 10.7 Å². The lowest BCUT2D eigenvalue weighted by Gasteiger charge is -2.39. The van der Waals surface area contributed by atoms with Crippen molar-refractivity contribution in [3.05, 3.63) is 72.6 Å². The molecular formula is C29H36N6O3. The number of carbonyl (C=O) groups excluding carboxylic acids is 1. The van der Waals surface area contributed by atoms with Gasteiger partial charge in [-0.15, -0.1) is 0 Å². The average molecular weight is 517 g/mol. The van der Waals surface area contributed by atoms with Crippen molar-refractivity contribution in [3.8, 4) is 11.3 Å². The number of imidazole rings is 1. The predicted molar refractivity (Wildman–Crippen MR) is 151 cm³/mol. The summed E-state index contributed by atoms with van der Waals surface area (Å²) in [5, 5.41) is 2.64. The van der Waals surface area contributed by atoms with Crippen LogP contribution in [0.25, 0.3) is 27.9 Å². The van der Waals surface area contributed by atoms with Crippen LogP contribution in [-0.4, -0.2) is 63.9 Å².